The summed E-state index contributed by atoms with van der Waals surface area (Å²) < 4.78 is 28.7. The lowest BCUT2D eigenvalue weighted by Crippen LogP contribution is -2.50. The first-order valence-corrected chi connectivity index (χ1v) is 16.6. The maximum atomic E-state index is 13.7. The molecule has 3 aliphatic rings. The molecule has 6 rings (SSSR count). The SMILES string of the molecule is Cc1cccc(C)c1-c1cc2nc(n1)N[S+]([O-])c1cccc(c1)CCC1CCN(C(=O)C3CCOC(C)(C)C3)C[C@@H]1CO2. The van der Waals surface area contributed by atoms with E-state index in [2.05, 4.69) is 60.5 Å². The van der Waals surface area contributed by atoms with Gasteiger partial charge in [0.1, 0.15) is 11.4 Å². The average Bonchev–Trinajstić information content (AvgIpc) is 2.98. The van der Waals surface area contributed by atoms with Crippen LogP contribution in [0.1, 0.15) is 56.2 Å². The monoisotopic (exact) mass is 602 g/mol. The number of fused-ring (bicyclic) bond motifs is 5. The van der Waals surface area contributed by atoms with Gasteiger partial charge in [-0.1, -0.05) is 30.3 Å². The molecule has 8 nitrogen and oxygen atoms in total. The van der Waals surface area contributed by atoms with Crippen LogP contribution in [0, 0.1) is 31.6 Å². The van der Waals surface area contributed by atoms with Crippen LogP contribution in [-0.4, -0.2) is 57.2 Å². The van der Waals surface area contributed by atoms with Crippen molar-refractivity contribution < 1.29 is 18.8 Å². The Bertz CT molecular complexity index is 1460. The van der Waals surface area contributed by atoms with Gasteiger partial charge in [-0.05, 0) is 94.5 Å². The zero-order chi connectivity index (χ0) is 30.1. The number of hydrogen-bond donors (Lipinski definition) is 1. The number of hydrogen-bond acceptors (Lipinski definition) is 7. The van der Waals surface area contributed by atoms with Crippen LogP contribution in [-0.2, 0) is 27.3 Å². The van der Waals surface area contributed by atoms with Crippen LogP contribution >= 0.6 is 0 Å². The Hall–Kier alpha value is -3.14. The van der Waals surface area contributed by atoms with Gasteiger partial charge < -0.3 is 18.9 Å². The molecular weight excluding hydrogens is 560 g/mol. The van der Waals surface area contributed by atoms with Gasteiger partial charge in [0.05, 0.1) is 17.9 Å². The van der Waals surface area contributed by atoms with Crippen LogP contribution in [0.15, 0.2) is 53.4 Å². The van der Waals surface area contributed by atoms with Gasteiger partial charge in [-0.3, -0.25) is 4.79 Å². The third kappa shape index (κ3) is 6.84. The maximum absolute atomic E-state index is 13.7. The van der Waals surface area contributed by atoms with Crippen LogP contribution in [0.4, 0.5) is 5.95 Å². The molecule has 2 saturated heterocycles. The smallest absolute Gasteiger partial charge is 0.269 e. The third-order valence-electron chi connectivity index (χ3n) is 9.23. The van der Waals surface area contributed by atoms with Crippen LogP contribution in [0.25, 0.3) is 11.3 Å². The first-order valence-electron chi connectivity index (χ1n) is 15.4. The fourth-order valence-electron chi connectivity index (χ4n) is 6.94. The summed E-state index contributed by atoms with van der Waals surface area (Å²) in [6.07, 6.45) is 4.32. The molecule has 1 amide bonds. The number of nitrogens with one attached hydrogen (secondary N) is 1. The summed E-state index contributed by atoms with van der Waals surface area (Å²) in [5, 5.41) is 0. The minimum Gasteiger partial charge on any atom is -0.588 e. The lowest BCUT2D eigenvalue weighted by molar-refractivity contribution is -0.148. The molecule has 3 aromatic rings. The average molecular weight is 603 g/mol. The van der Waals surface area contributed by atoms with Crippen LogP contribution in [0.3, 0.4) is 0 Å². The molecule has 0 aliphatic carbocycles. The number of aryl methyl sites for hydroxylation is 3. The summed E-state index contributed by atoms with van der Waals surface area (Å²) in [6, 6.07) is 16.0. The van der Waals surface area contributed by atoms with Gasteiger partial charge in [0, 0.05) is 43.2 Å². The van der Waals surface area contributed by atoms with E-state index in [0.717, 1.165) is 66.6 Å². The molecule has 2 aromatic carbocycles. The Morgan fingerprint density at radius 2 is 1.84 bits per heavy atom. The first-order chi connectivity index (χ1) is 20.6. The molecule has 1 N–H and O–H groups in total. The second kappa shape index (κ2) is 12.5. The molecule has 3 aliphatic heterocycles. The molecule has 4 bridgehead atoms. The normalized spacial score (nSPS) is 25.5. The summed E-state index contributed by atoms with van der Waals surface area (Å²) >= 11 is -1.53. The second-order valence-corrected chi connectivity index (χ2v) is 14.2. The number of carbonyl (C=O) groups is 1. The van der Waals surface area contributed by atoms with Crippen molar-refractivity contribution in [3.8, 4) is 17.1 Å². The van der Waals surface area contributed by atoms with Crippen LogP contribution in [0.5, 0.6) is 5.88 Å². The number of nitrogens with zero attached hydrogens (tertiary/aromatic N) is 3. The van der Waals surface area contributed by atoms with Gasteiger partial charge in [-0.2, -0.15) is 9.71 Å². The molecule has 43 heavy (non-hydrogen) atoms. The molecule has 0 spiro atoms. The standard InChI is InChI=1S/C34H42N4O4S/c1-22-7-5-8-23(2)31(22)29-18-30-36-33(35-29)37-43(40)28-10-6-9-24(17-28)11-12-25-13-15-38(20-27(25)21-41-30)32(39)26-14-16-42-34(3,4)19-26/h5-10,17-18,25-27H,11-16,19-21H2,1-4H3,(H,35,36,37)/t25?,26?,27-,43?/m1/s1. The van der Waals surface area contributed by atoms with E-state index in [1.165, 1.54) is 0 Å². The molecule has 0 saturated carbocycles. The van der Waals surface area contributed by atoms with E-state index < -0.39 is 11.4 Å². The van der Waals surface area contributed by atoms with Crippen molar-refractivity contribution in [2.45, 2.75) is 70.3 Å². The number of carbonyl (C=O) groups excluding carboxylic acids is 1. The maximum Gasteiger partial charge on any atom is 0.269 e. The fraction of sp³-hybridized carbons (Fsp3) is 0.500. The van der Waals surface area contributed by atoms with Crippen LogP contribution < -0.4 is 9.46 Å². The van der Waals surface area contributed by atoms with E-state index >= 15 is 0 Å². The number of aromatic nitrogens is 2. The third-order valence-corrected chi connectivity index (χ3v) is 10.3. The Balaban J connectivity index is 1.31. The summed E-state index contributed by atoms with van der Waals surface area (Å²) in [5.41, 5.74) is 4.80. The van der Waals surface area contributed by atoms with Crippen molar-refractivity contribution in [3.63, 3.8) is 0 Å². The van der Waals surface area contributed by atoms with Crippen LogP contribution in [0.2, 0.25) is 0 Å². The van der Waals surface area contributed by atoms with Crippen molar-refractivity contribution in [3.05, 3.63) is 65.2 Å². The minimum atomic E-state index is -1.53. The molecule has 9 heteroatoms. The number of likely N-dealkylation sites (tertiary alicyclic amines) is 1. The highest BCUT2D eigenvalue weighted by molar-refractivity contribution is 7.92. The number of ether oxygens (including phenoxy) is 2. The quantitative estimate of drug-likeness (QED) is 0.365. The van der Waals surface area contributed by atoms with Crippen molar-refractivity contribution >= 4 is 23.2 Å². The predicted molar refractivity (Wildman–Crippen MR) is 168 cm³/mol. The molecule has 2 fully saturated rings. The van der Waals surface area contributed by atoms with E-state index in [4.69, 9.17) is 14.5 Å². The van der Waals surface area contributed by atoms with Crippen molar-refractivity contribution in [2.24, 2.45) is 17.8 Å². The summed E-state index contributed by atoms with van der Waals surface area (Å²) in [4.78, 5) is 25.9. The lowest BCUT2D eigenvalue weighted by atomic mass is 9.80. The Labute approximate surface area is 257 Å². The molecule has 1 aromatic heterocycles. The van der Waals surface area contributed by atoms with Gasteiger partial charge in [-0.25, -0.2) is 4.98 Å². The van der Waals surface area contributed by atoms with E-state index in [0.29, 0.717) is 36.5 Å². The molecule has 0 radical (unpaired) electrons. The van der Waals surface area contributed by atoms with Gasteiger partial charge in [-0.15, -0.1) is 0 Å². The highest BCUT2D eigenvalue weighted by Crippen LogP contribution is 2.35. The second-order valence-electron chi connectivity index (χ2n) is 12.9. The van der Waals surface area contributed by atoms with E-state index in [1.807, 2.05) is 30.3 Å². The molecule has 4 heterocycles. The van der Waals surface area contributed by atoms with Gasteiger partial charge in [0.25, 0.3) is 5.95 Å². The van der Waals surface area contributed by atoms with Crippen molar-refractivity contribution in [1.29, 1.82) is 0 Å². The lowest BCUT2D eigenvalue weighted by Gasteiger charge is -2.42. The van der Waals surface area contributed by atoms with Gasteiger partial charge in [0.2, 0.25) is 11.8 Å². The summed E-state index contributed by atoms with van der Waals surface area (Å²) in [5.74, 6) is 1.50. The number of rotatable bonds is 2. The summed E-state index contributed by atoms with van der Waals surface area (Å²) in [7, 11) is 0. The van der Waals surface area contributed by atoms with Crippen molar-refractivity contribution in [2.75, 3.05) is 31.0 Å². The molecule has 228 valence electrons. The number of amides is 1. The number of anilines is 1. The highest BCUT2D eigenvalue weighted by atomic mass is 32.2. The molecule has 4 atom stereocenters. The van der Waals surface area contributed by atoms with Gasteiger partial charge >= 0.3 is 0 Å². The van der Waals surface area contributed by atoms with E-state index in [9.17, 15) is 9.35 Å². The topological polar surface area (TPSA) is 99.6 Å². The zero-order valence-corrected chi connectivity index (χ0v) is 26.4. The number of piperidine rings is 1. The highest BCUT2D eigenvalue weighted by Gasteiger charge is 2.38. The first kappa shape index (κ1) is 29.9. The largest absolute Gasteiger partial charge is 0.588 e. The summed E-state index contributed by atoms with van der Waals surface area (Å²) in [6.45, 7) is 10.8. The van der Waals surface area contributed by atoms with Gasteiger partial charge in [0.15, 0.2) is 4.90 Å². The van der Waals surface area contributed by atoms with E-state index in [1.54, 1.807) is 0 Å². The molecule has 3 unspecified atom stereocenters. The van der Waals surface area contributed by atoms with Crippen molar-refractivity contribution in [1.82, 2.24) is 14.9 Å². The van der Waals surface area contributed by atoms with E-state index in [-0.39, 0.29) is 29.3 Å². The minimum absolute atomic E-state index is 0.00116. The number of benzene rings is 2. The Morgan fingerprint density at radius 1 is 1.05 bits per heavy atom. The zero-order valence-electron chi connectivity index (χ0n) is 25.6. The molecular formula is C34H42N4O4S. The Kier molecular flexibility index (Phi) is 8.67. The Morgan fingerprint density at radius 3 is 2.63 bits per heavy atom. The fourth-order valence-corrected chi connectivity index (χ4v) is 7.78. The predicted octanol–water partition coefficient (Wildman–Crippen LogP) is 5.89.